The fourth-order valence-electron chi connectivity index (χ4n) is 2.38. The van der Waals surface area contributed by atoms with E-state index < -0.39 is 0 Å². The first kappa shape index (κ1) is 13.5. The van der Waals surface area contributed by atoms with E-state index in [1.165, 1.54) is 0 Å². The molecule has 0 spiro atoms. The number of rotatable bonds is 4. The maximum absolute atomic E-state index is 9.55. The Hall–Kier alpha value is -2.52. The minimum atomic E-state index is -0.0242. The number of para-hydroxylation sites is 2. The van der Waals surface area contributed by atoms with Gasteiger partial charge in [0, 0.05) is 0 Å². The lowest BCUT2D eigenvalue weighted by Crippen LogP contribution is -1.92. The molecular formula is C18H16O3. The molecule has 3 heteroatoms. The van der Waals surface area contributed by atoms with Crippen LogP contribution in [0.4, 0.5) is 0 Å². The van der Waals surface area contributed by atoms with Crippen LogP contribution in [0.3, 0.4) is 0 Å². The number of hydrogen-bond donors (Lipinski definition) is 1. The lowest BCUT2D eigenvalue weighted by atomic mass is 10.0. The van der Waals surface area contributed by atoms with E-state index in [1.54, 1.807) is 7.11 Å². The van der Waals surface area contributed by atoms with Crippen molar-refractivity contribution in [3.8, 4) is 17.2 Å². The Morgan fingerprint density at radius 3 is 2.38 bits per heavy atom. The highest BCUT2D eigenvalue weighted by atomic mass is 16.5. The number of aliphatic hydroxyl groups is 1. The Kier molecular flexibility index (Phi) is 3.75. The van der Waals surface area contributed by atoms with E-state index in [0.29, 0.717) is 17.2 Å². The first-order valence-electron chi connectivity index (χ1n) is 6.75. The molecule has 0 saturated heterocycles. The Labute approximate surface area is 123 Å². The summed E-state index contributed by atoms with van der Waals surface area (Å²) in [6, 6.07) is 19.2. The molecule has 0 unspecified atom stereocenters. The fourth-order valence-corrected chi connectivity index (χ4v) is 2.38. The normalized spacial score (nSPS) is 10.6. The van der Waals surface area contributed by atoms with Crippen molar-refractivity contribution in [1.29, 1.82) is 0 Å². The van der Waals surface area contributed by atoms with Crippen LogP contribution in [-0.2, 0) is 6.61 Å². The molecule has 0 amide bonds. The maximum Gasteiger partial charge on any atom is 0.169 e. The van der Waals surface area contributed by atoms with Crippen molar-refractivity contribution >= 4 is 10.8 Å². The van der Waals surface area contributed by atoms with Crippen LogP contribution < -0.4 is 9.47 Å². The SMILES string of the molecule is COc1ccccc1Oc1cc(CO)c2ccccc2c1. The van der Waals surface area contributed by atoms with Crippen molar-refractivity contribution in [2.45, 2.75) is 6.61 Å². The Bertz CT molecular complexity index is 765. The van der Waals surface area contributed by atoms with Gasteiger partial charge in [-0.25, -0.2) is 0 Å². The van der Waals surface area contributed by atoms with Crippen LogP contribution in [0.2, 0.25) is 0 Å². The highest BCUT2D eigenvalue weighted by Crippen LogP contribution is 2.33. The summed E-state index contributed by atoms with van der Waals surface area (Å²) in [5, 5.41) is 11.6. The number of hydrogen-bond acceptors (Lipinski definition) is 3. The van der Waals surface area contributed by atoms with Gasteiger partial charge in [-0.15, -0.1) is 0 Å². The first-order chi connectivity index (χ1) is 10.3. The number of benzene rings is 3. The molecule has 0 atom stereocenters. The van der Waals surface area contributed by atoms with Gasteiger partial charge in [-0.2, -0.15) is 0 Å². The molecule has 0 fully saturated rings. The predicted octanol–water partition coefficient (Wildman–Crippen LogP) is 4.13. The van der Waals surface area contributed by atoms with Crippen molar-refractivity contribution in [3.63, 3.8) is 0 Å². The van der Waals surface area contributed by atoms with Gasteiger partial charge in [-0.1, -0.05) is 36.4 Å². The topological polar surface area (TPSA) is 38.7 Å². The van der Waals surface area contributed by atoms with Gasteiger partial charge in [0.2, 0.25) is 0 Å². The van der Waals surface area contributed by atoms with Crippen LogP contribution in [0.5, 0.6) is 17.2 Å². The molecule has 0 saturated carbocycles. The van der Waals surface area contributed by atoms with Gasteiger partial charge in [0.1, 0.15) is 5.75 Å². The van der Waals surface area contributed by atoms with E-state index in [4.69, 9.17) is 9.47 Å². The van der Waals surface area contributed by atoms with Crippen molar-refractivity contribution in [2.75, 3.05) is 7.11 Å². The minimum absolute atomic E-state index is 0.0242. The zero-order valence-corrected chi connectivity index (χ0v) is 11.7. The molecule has 0 radical (unpaired) electrons. The van der Waals surface area contributed by atoms with Gasteiger partial charge in [-0.3, -0.25) is 0 Å². The molecule has 106 valence electrons. The second-order valence-corrected chi connectivity index (χ2v) is 4.71. The van der Waals surface area contributed by atoms with E-state index in [-0.39, 0.29) is 6.61 Å². The van der Waals surface area contributed by atoms with Crippen LogP contribution in [0.25, 0.3) is 10.8 Å². The number of aliphatic hydroxyl groups excluding tert-OH is 1. The molecule has 0 heterocycles. The molecule has 0 aliphatic carbocycles. The van der Waals surface area contributed by atoms with E-state index in [2.05, 4.69) is 0 Å². The summed E-state index contributed by atoms with van der Waals surface area (Å²) >= 11 is 0. The van der Waals surface area contributed by atoms with Crippen molar-refractivity contribution < 1.29 is 14.6 Å². The average Bonchev–Trinajstić information content (AvgIpc) is 2.54. The second-order valence-electron chi connectivity index (χ2n) is 4.71. The molecule has 21 heavy (non-hydrogen) atoms. The number of fused-ring (bicyclic) bond motifs is 1. The van der Waals surface area contributed by atoms with E-state index in [9.17, 15) is 5.11 Å². The molecule has 3 nitrogen and oxygen atoms in total. The molecule has 0 aliphatic rings. The van der Waals surface area contributed by atoms with Crippen LogP contribution in [0.15, 0.2) is 60.7 Å². The van der Waals surface area contributed by atoms with Crippen LogP contribution in [0, 0.1) is 0 Å². The van der Waals surface area contributed by atoms with Crippen LogP contribution >= 0.6 is 0 Å². The Morgan fingerprint density at radius 1 is 0.905 bits per heavy atom. The fraction of sp³-hybridized carbons (Fsp3) is 0.111. The molecule has 3 aromatic carbocycles. The summed E-state index contributed by atoms with van der Waals surface area (Å²) in [7, 11) is 1.61. The predicted molar refractivity (Wildman–Crippen MR) is 82.9 cm³/mol. The summed E-state index contributed by atoms with van der Waals surface area (Å²) in [6.45, 7) is -0.0242. The van der Waals surface area contributed by atoms with Gasteiger partial charge in [0.05, 0.1) is 13.7 Å². The van der Waals surface area contributed by atoms with Gasteiger partial charge >= 0.3 is 0 Å². The minimum Gasteiger partial charge on any atom is -0.493 e. The van der Waals surface area contributed by atoms with Crippen molar-refractivity contribution in [1.82, 2.24) is 0 Å². The number of methoxy groups -OCH3 is 1. The van der Waals surface area contributed by atoms with E-state index in [0.717, 1.165) is 16.3 Å². The smallest absolute Gasteiger partial charge is 0.169 e. The average molecular weight is 280 g/mol. The highest BCUT2D eigenvalue weighted by molar-refractivity contribution is 5.87. The van der Waals surface area contributed by atoms with E-state index >= 15 is 0 Å². The summed E-state index contributed by atoms with van der Waals surface area (Å²) in [4.78, 5) is 0. The lowest BCUT2D eigenvalue weighted by molar-refractivity contribution is 0.283. The first-order valence-corrected chi connectivity index (χ1v) is 6.75. The van der Waals surface area contributed by atoms with Gasteiger partial charge in [0.25, 0.3) is 0 Å². The maximum atomic E-state index is 9.55. The zero-order valence-electron chi connectivity index (χ0n) is 11.7. The Balaban J connectivity index is 2.05. The van der Waals surface area contributed by atoms with Gasteiger partial charge < -0.3 is 14.6 Å². The lowest BCUT2D eigenvalue weighted by Gasteiger charge is -2.12. The third kappa shape index (κ3) is 2.69. The summed E-state index contributed by atoms with van der Waals surface area (Å²) in [5.74, 6) is 2.01. The second kappa shape index (κ2) is 5.85. The van der Waals surface area contributed by atoms with Gasteiger partial charge in [-0.05, 0) is 40.6 Å². The summed E-state index contributed by atoms with van der Waals surface area (Å²) in [5.41, 5.74) is 0.845. The van der Waals surface area contributed by atoms with E-state index in [1.807, 2.05) is 60.7 Å². The largest absolute Gasteiger partial charge is 0.493 e. The quantitative estimate of drug-likeness (QED) is 0.781. The standard InChI is InChI=1S/C18H16O3/c1-20-17-8-4-5-9-18(17)21-15-10-13-6-2-3-7-16(13)14(11-15)12-19/h2-11,19H,12H2,1H3. The van der Waals surface area contributed by atoms with Crippen LogP contribution in [0.1, 0.15) is 5.56 Å². The Morgan fingerprint density at radius 2 is 1.62 bits per heavy atom. The molecule has 3 aromatic rings. The molecule has 1 N–H and O–H groups in total. The highest BCUT2D eigenvalue weighted by Gasteiger charge is 2.08. The monoisotopic (exact) mass is 280 g/mol. The zero-order chi connectivity index (χ0) is 14.7. The molecule has 0 bridgehead atoms. The molecule has 3 rings (SSSR count). The summed E-state index contributed by atoms with van der Waals surface area (Å²) in [6.07, 6.45) is 0. The summed E-state index contributed by atoms with van der Waals surface area (Å²) < 4.78 is 11.2. The van der Waals surface area contributed by atoms with Crippen LogP contribution in [-0.4, -0.2) is 12.2 Å². The molecular weight excluding hydrogens is 264 g/mol. The van der Waals surface area contributed by atoms with Crippen molar-refractivity contribution in [3.05, 3.63) is 66.2 Å². The molecule has 0 aromatic heterocycles. The number of ether oxygens (including phenoxy) is 2. The third-order valence-electron chi connectivity index (χ3n) is 3.39. The third-order valence-corrected chi connectivity index (χ3v) is 3.39. The molecule has 0 aliphatic heterocycles. The van der Waals surface area contributed by atoms with Gasteiger partial charge in [0.15, 0.2) is 11.5 Å². The van der Waals surface area contributed by atoms with Crippen molar-refractivity contribution in [2.24, 2.45) is 0 Å².